The molecule has 156 valence electrons. The Hall–Kier alpha value is -3.61. The molecule has 0 aliphatic rings. The van der Waals surface area contributed by atoms with E-state index in [2.05, 4.69) is 5.32 Å². The second-order valence-corrected chi connectivity index (χ2v) is 6.97. The summed E-state index contributed by atoms with van der Waals surface area (Å²) in [5.74, 6) is -0.245. The number of hydrogen-bond donors (Lipinski definition) is 1. The van der Waals surface area contributed by atoms with Crippen LogP contribution in [0.25, 0.3) is 11.0 Å². The summed E-state index contributed by atoms with van der Waals surface area (Å²) in [4.78, 5) is 36.2. The van der Waals surface area contributed by atoms with Crippen molar-refractivity contribution in [3.8, 4) is 11.5 Å². The van der Waals surface area contributed by atoms with E-state index in [4.69, 9.17) is 13.9 Å². The maximum absolute atomic E-state index is 12.2. The fourth-order valence-electron chi connectivity index (χ4n) is 3.02. The normalized spacial score (nSPS) is 10.7. The Morgan fingerprint density at radius 1 is 1.07 bits per heavy atom. The van der Waals surface area contributed by atoms with Crippen molar-refractivity contribution in [3.05, 3.63) is 69.1 Å². The van der Waals surface area contributed by atoms with Gasteiger partial charge in [-0.05, 0) is 68.7 Å². The predicted molar refractivity (Wildman–Crippen MR) is 112 cm³/mol. The van der Waals surface area contributed by atoms with Gasteiger partial charge in [0, 0.05) is 18.0 Å². The molecule has 2 aromatic carbocycles. The van der Waals surface area contributed by atoms with Crippen LogP contribution >= 0.6 is 0 Å². The van der Waals surface area contributed by atoms with Gasteiger partial charge in [0.1, 0.15) is 22.6 Å². The molecule has 1 N–H and O–H groups in total. The van der Waals surface area contributed by atoms with Gasteiger partial charge in [-0.2, -0.15) is 0 Å². The van der Waals surface area contributed by atoms with Gasteiger partial charge in [0.05, 0.1) is 0 Å². The zero-order valence-electron chi connectivity index (χ0n) is 17.3. The monoisotopic (exact) mass is 409 g/mol. The summed E-state index contributed by atoms with van der Waals surface area (Å²) in [5, 5.41) is 3.10. The number of amides is 1. The van der Waals surface area contributed by atoms with Crippen molar-refractivity contribution in [3.63, 3.8) is 0 Å². The van der Waals surface area contributed by atoms with Crippen LogP contribution in [0.1, 0.15) is 34.0 Å². The molecule has 3 aromatic rings. The highest BCUT2D eigenvalue weighted by molar-refractivity contribution is 5.96. The summed E-state index contributed by atoms with van der Waals surface area (Å²) in [5.41, 5.74) is 2.46. The number of fused-ring (bicyclic) bond motifs is 1. The Morgan fingerprint density at radius 3 is 2.57 bits per heavy atom. The van der Waals surface area contributed by atoms with E-state index in [0.717, 1.165) is 16.7 Å². The maximum Gasteiger partial charge on any atom is 0.349 e. The number of hydrogen-bond acceptors (Lipinski definition) is 6. The summed E-state index contributed by atoms with van der Waals surface area (Å²) < 4.78 is 16.1. The molecule has 0 aliphatic heterocycles. The second-order valence-electron chi connectivity index (χ2n) is 6.97. The molecule has 1 amide bonds. The van der Waals surface area contributed by atoms with E-state index >= 15 is 0 Å². The van der Waals surface area contributed by atoms with Gasteiger partial charge in [0.15, 0.2) is 6.61 Å². The van der Waals surface area contributed by atoms with Gasteiger partial charge < -0.3 is 19.2 Å². The zero-order chi connectivity index (χ0) is 21.8. The Morgan fingerprint density at radius 2 is 1.83 bits per heavy atom. The molecule has 0 atom stereocenters. The molecule has 0 saturated heterocycles. The molecule has 0 bridgehead atoms. The lowest BCUT2D eigenvalue weighted by Gasteiger charge is -2.12. The van der Waals surface area contributed by atoms with Gasteiger partial charge >= 0.3 is 11.6 Å². The standard InChI is InChI=1S/C23H23NO6/c1-5-24-22(26)18-10-16-6-7-17(11-20(16)30-23(18)27)29-21(25)12-28-19-9-13(2)8-14(3)15(19)4/h6-11H,5,12H2,1-4H3,(H,24,26). The van der Waals surface area contributed by atoms with Crippen LogP contribution < -0.4 is 20.4 Å². The molecular formula is C23H23NO6. The van der Waals surface area contributed by atoms with Gasteiger partial charge in [-0.25, -0.2) is 9.59 Å². The molecule has 0 spiro atoms. The molecule has 7 heteroatoms. The zero-order valence-corrected chi connectivity index (χ0v) is 17.3. The first-order valence-corrected chi connectivity index (χ1v) is 9.56. The largest absolute Gasteiger partial charge is 0.482 e. The number of nitrogens with one attached hydrogen (secondary N) is 1. The summed E-state index contributed by atoms with van der Waals surface area (Å²) in [6.07, 6.45) is 0. The Kier molecular flexibility index (Phi) is 6.20. The molecule has 0 radical (unpaired) electrons. The van der Waals surface area contributed by atoms with Crippen LogP contribution in [-0.4, -0.2) is 25.0 Å². The third-order valence-electron chi connectivity index (χ3n) is 4.63. The Bertz CT molecular complexity index is 1180. The maximum atomic E-state index is 12.2. The fraction of sp³-hybridized carbons (Fsp3) is 0.261. The van der Waals surface area contributed by atoms with E-state index in [1.165, 1.54) is 12.1 Å². The van der Waals surface area contributed by atoms with Crippen molar-refractivity contribution in [2.24, 2.45) is 0 Å². The predicted octanol–water partition coefficient (Wildman–Crippen LogP) is 3.45. The van der Waals surface area contributed by atoms with Crippen molar-refractivity contribution in [1.29, 1.82) is 0 Å². The number of benzene rings is 2. The number of carbonyl (C=O) groups is 2. The molecular weight excluding hydrogens is 386 g/mol. The summed E-state index contributed by atoms with van der Waals surface area (Å²) in [7, 11) is 0. The first-order chi connectivity index (χ1) is 14.3. The minimum Gasteiger partial charge on any atom is -0.482 e. The van der Waals surface area contributed by atoms with E-state index in [1.54, 1.807) is 19.1 Å². The minimum atomic E-state index is -0.759. The van der Waals surface area contributed by atoms with Crippen molar-refractivity contribution in [2.45, 2.75) is 27.7 Å². The highest BCUT2D eigenvalue weighted by Crippen LogP contribution is 2.24. The van der Waals surface area contributed by atoms with Gasteiger partial charge in [-0.15, -0.1) is 0 Å². The summed E-state index contributed by atoms with van der Waals surface area (Å²) >= 11 is 0. The van der Waals surface area contributed by atoms with Gasteiger partial charge in [0.2, 0.25) is 0 Å². The lowest BCUT2D eigenvalue weighted by Crippen LogP contribution is -2.27. The second kappa shape index (κ2) is 8.82. The van der Waals surface area contributed by atoms with Crippen LogP contribution in [0, 0.1) is 20.8 Å². The highest BCUT2D eigenvalue weighted by Gasteiger charge is 2.14. The van der Waals surface area contributed by atoms with Crippen molar-refractivity contribution in [2.75, 3.05) is 13.2 Å². The topological polar surface area (TPSA) is 94.8 Å². The lowest BCUT2D eigenvalue weighted by molar-refractivity contribution is -0.136. The van der Waals surface area contributed by atoms with Crippen molar-refractivity contribution >= 4 is 22.8 Å². The van der Waals surface area contributed by atoms with Crippen LogP contribution in [0.3, 0.4) is 0 Å². The molecule has 1 aromatic heterocycles. The van der Waals surface area contributed by atoms with E-state index < -0.39 is 17.5 Å². The number of aryl methyl sites for hydroxylation is 2. The van der Waals surface area contributed by atoms with Crippen LogP contribution in [0.4, 0.5) is 0 Å². The van der Waals surface area contributed by atoms with Crippen LogP contribution in [0.15, 0.2) is 45.6 Å². The number of carbonyl (C=O) groups excluding carboxylic acids is 2. The highest BCUT2D eigenvalue weighted by atomic mass is 16.6. The SMILES string of the molecule is CCNC(=O)c1cc2ccc(OC(=O)COc3cc(C)cc(C)c3C)cc2oc1=O. The number of rotatable bonds is 6. The molecule has 30 heavy (non-hydrogen) atoms. The lowest BCUT2D eigenvalue weighted by atomic mass is 10.1. The number of esters is 1. The average Bonchev–Trinajstić information content (AvgIpc) is 2.69. The number of ether oxygens (including phenoxy) is 2. The Labute approximate surface area is 173 Å². The molecule has 0 unspecified atom stereocenters. The van der Waals surface area contributed by atoms with Crippen LogP contribution in [0.2, 0.25) is 0 Å². The van der Waals surface area contributed by atoms with Gasteiger partial charge in [-0.3, -0.25) is 4.79 Å². The quantitative estimate of drug-likeness (QED) is 0.381. The van der Waals surface area contributed by atoms with Crippen LogP contribution in [0.5, 0.6) is 11.5 Å². The van der Waals surface area contributed by atoms with Crippen molar-refractivity contribution in [1.82, 2.24) is 5.32 Å². The molecule has 0 fully saturated rings. The van der Waals surface area contributed by atoms with Crippen LogP contribution in [-0.2, 0) is 4.79 Å². The third-order valence-corrected chi connectivity index (χ3v) is 4.63. The average molecular weight is 409 g/mol. The van der Waals surface area contributed by atoms with E-state index in [0.29, 0.717) is 17.7 Å². The molecule has 0 saturated carbocycles. The molecule has 1 heterocycles. The van der Waals surface area contributed by atoms with E-state index in [-0.39, 0.29) is 23.5 Å². The molecule has 0 aliphatic carbocycles. The first-order valence-electron chi connectivity index (χ1n) is 9.56. The van der Waals surface area contributed by atoms with E-state index in [1.807, 2.05) is 32.9 Å². The molecule has 3 rings (SSSR count). The fourth-order valence-corrected chi connectivity index (χ4v) is 3.02. The van der Waals surface area contributed by atoms with E-state index in [9.17, 15) is 14.4 Å². The van der Waals surface area contributed by atoms with Crippen molar-refractivity contribution < 1.29 is 23.5 Å². The smallest absolute Gasteiger partial charge is 0.349 e. The third kappa shape index (κ3) is 4.68. The summed E-state index contributed by atoms with van der Waals surface area (Å²) in [6.45, 7) is 7.75. The summed E-state index contributed by atoms with van der Waals surface area (Å²) in [6, 6.07) is 9.96. The minimum absolute atomic E-state index is 0.0775. The Balaban J connectivity index is 1.73. The first kappa shape index (κ1) is 21.1. The molecule has 7 nitrogen and oxygen atoms in total. The van der Waals surface area contributed by atoms with Gasteiger partial charge in [-0.1, -0.05) is 6.07 Å². The van der Waals surface area contributed by atoms with Gasteiger partial charge in [0.25, 0.3) is 5.91 Å².